The number of likely N-dealkylation sites (tertiary alicyclic amines) is 1. The summed E-state index contributed by atoms with van der Waals surface area (Å²) in [6, 6.07) is 7.50. The van der Waals surface area contributed by atoms with E-state index in [4.69, 9.17) is 11.6 Å². The number of hydrogen-bond donors (Lipinski definition) is 0. The number of carbonyl (C=O) groups excluding carboxylic acids is 1. The molecule has 1 aromatic carbocycles. The largest absolute Gasteiger partial charge is 0.342 e. The average molecular weight is 391 g/mol. The van der Waals surface area contributed by atoms with Crippen molar-refractivity contribution < 1.29 is 4.79 Å². The monoisotopic (exact) mass is 390 g/mol. The number of benzene rings is 1. The molecule has 0 radical (unpaired) electrons. The second-order valence-electron chi connectivity index (χ2n) is 6.59. The molecule has 0 spiro atoms. The highest BCUT2D eigenvalue weighted by Crippen LogP contribution is 2.26. The minimum atomic E-state index is 0.169. The number of nitrogens with zero attached hydrogens (tertiary/aromatic N) is 4. The SMILES string of the molecule is C=CCn1c(SCC(=O)N2CCCC(C)C2)nnc1-c1ccc(Cl)cc1. The molecule has 1 aromatic heterocycles. The normalized spacial score (nSPS) is 17.3. The number of allylic oxidation sites excluding steroid dienone is 1. The van der Waals surface area contributed by atoms with Gasteiger partial charge < -0.3 is 4.90 Å². The Balaban J connectivity index is 1.72. The molecule has 1 aliphatic rings. The molecule has 5 nitrogen and oxygen atoms in total. The molecule has 2 aromatic rings. The molecule has 0 bridgehead atoms. The molecule has 2 heterocycles. The van der Waals surface area contributed by atoms with Crippen molar-refractivity contribution in [1.82, 2.24) is 19.7 Å². The van der Waals surface area contributed by atoms with Crippen molar-refractivity contribution in [2.75, 3.05) is 18.8 Å². The lowest BCUT2D eigenvalue weighted by molar-refractivity contribution is -0.130. The second-order valence-corrected chi connectivity index (χ2v) is 7.97. The lowest BCUT2D eigenvalue weighted by Gasteiger charge is -2.30. The van der Waals surface area contributed by atoms with Gasteiger partial charge in [0.1, 0.15) is 0 Å². The molecule has 1 unspecified atom stereocenters. The molecular formula is C19H23ClN4OS. The minimum absolute atomic E-state index is 0.169. The molecule has 0 saturated carbocycles. The fourth-order valence-electron chi connectivity index (χ4n) is 3.14. The standard InChI is InChI=1S/C19H23ClN4OS/c1-3-10-24-18(15-6-8-16(20)9-7-15)21-22-19(24)26-13-17(25)23-11-4-5-14(2)12-23/h3,6-9,14H,1,4-5,10-13H2,2H3. The van der Waals surface area contributed by atoms with E-state index >= 15 is 0 Å². The summed E-state index contributed by atoms with van der Waals surface area (Å²) in [6.07, 6.45) is 4.10. The Morgan fingerprint density at radius 1 is 1.38 bits per heavy atom. The maximum absolute atomic E-state index is 12.5. The minimum Gasteiger partial charge on any atom is -0.342 e. The number of amides is 1. The second kappa shape index (κ2) is 8.73. The van der Waals surface area contributed by atoms with Crippen molar-refractivity contribution in [1.29, 1.82) is 0 Å². The van der Waals surface area contributed by atoms with Gasteiger partial charge in [-0.05, 0) is 43.0 Å². The van der Waals surface area contributed by atoms with Crippen LogP contribution >= 0.6 is 23.4 Å². The number of piperidine rings is 1. The topological polar surface area (TPSA) is 51.0 Å². The predicted octanol–water partition coefficient (Wildman–Crippen LogP) is 4.14. The quantitative estimate of drug-likeness (QED) is 0.549. The average Bonchev–Trinajstić information content (AvgIpc) is 3.03. The highest BCUT2D eigenvalue weighted by atomic mass is 35.5. The Morgan fingerprint density at radius 2 is 2.15 bits per heavy atom. The summed E-state index contributed by atoms with van der Waals surface area (Å²) < 4.78 is 1.98. The van der Waals surface area contributed by atoms with Crippen LogP contribution in [0.3, 0.4) is 0 Å². The van der Waals surface area contributed by atoms with Gasteiger partial charge in [0.15, 0.2) is 11.0 Å². The first-order valence-electron chi connectivity index (χ1n) is 8.79. The molecule has 0 aliphatic carbocycles. The van der Waals surface area contributed by atoms with Gasteiger partial charge in [-0.3, -0.25) is 9.36 Å². The van der Waals surface area contributed by atoms with Crippen LogP contribution in [0, 0.1) is 5.92 Å². The zero-order chi connectivity index (χ0) is 18.5. The molecule has 138 valence electrons. The van der Waals surface area contributed by atoms with Gasteiger partial charge in [0, 0.05) is 30.2 Å². The van der Waals surface area contributed by atoms with Crippen LogP contribution in [0.15, 0.2) is 42.1 Å². The van der Waals surface area contributed by atoms with Crippen LogP contribution in [0.1, 0.15) is 19.8 Å². The van der Waals surface area contributed by atoms with Crippen molar-refractivity contribution in [2.24, 2.45) is 5.92 Å². The van der Waals surface area contributed by atoms with E-state index in [-0.39, 0.29) is 5.91 Å². The summed E-state index contributed by atoms with van der Waals surface area (Å²) in [6.45, 7) is 8.32. The van der Waals surface area contributed by atoms with E-state index in [2.05, 4.69) is 23.7 Å². The highest BCUT2D eigenvalue weighted by molar-refractivity contribution is 7.99. The predicted molar refractivity (Wildman–Crippen MR) is 106 cm³/mol. The van der Waals surface area contributed by atoms with E-state index in [9.17, 15) is 4.79 Å². The molecule has 1 atom stereocenters. The van der Waals surface area contributed by atoms with Crippen LogP contribution in [-0.2, 0) is 11.3 Å². The van der Waals surface area contributed by atoms with Crippen molar-refractivity contribution in [3.05, 3.63) is 41.9 Å². The Hall–Kier alpha value is -1.79. The third-order valence-electron chi connectivity index (χ3n) is 4.47. The van der Waals surface area contributed by atoms with Crippen LogP contribution in [0.4, 0.5) is 0 Å². The molecule has 1 saturated heterocycles. The van der Waals surface area contributed by atoms with E-state index in [0.29, 0.717) is 23.2 Å². The maximum Gasteiger partial charge on any atom is 0.233 e. The van der Waals surface area contributed by atoms with Gasteiger partial charge >= 0.3 is 0 Å². The highest BCUT2D eigenvalue weighted by Gasteiger charge is 2.22. The fraction of sp³-hybridized carbons (Fsp3) is 0.421. The molecule has 1 amide bonds. The van der Waals surface area contributed by atoms with Gasteiger partial charge in [-0.2, -0.15) is 0 Å². The number of hydrogen-bond acceptors (Lipinski definition) is 4. The van der Waals surface area contributed by atoms with Crippen LogP contribution in [0.5, 0.6) is 0 Å². The van der Waals surface area contributed by atoms with Gasteiger partial charge in [0.05, 0.1) is 5.75 Å². The summed E-state index contributed by atoms with van der Waals surface area (Å²) in [4.78, 5) is 14.5. The zero-order valence-corrected chi connectivity index (χ0v) is 16.5. The van der Waals surface area contributed by atoms with Gasteiger partial charge in [0.25, 0.3) is 0 Å². The number of halogens is 1. The lowest BCUT2D eigenvalue weighted by atomic mass is 10.0. The van der Waals surface area contributed by atoms with E-state index in [1.165, 1.54) is 18.2 Å². The van der Waals surface area contributed by atoms with E-state index in [1.807, 2.05) is 33.7 Å². The number of carbonyl (C=O) groups is 1. The Morgan fingerprint density at radius 3 is 2.85 bits per heavy atom. The number of aromatic nitrogens is 3. The molecule has 26 heavy (non-hydrogen) atoms. The van der Waals surface area contributed by atoms with Gasteiger partial charge in [-0.15, -0.1) is 16.8 Å². The summed E-state index contributed by atoms with van der Waals surface area (Å²) >= 11 is 7.40. The summed E-state index contributed by atoms with van der Waals surface area (Å²) in [7, 11) is 0. The number of rotatable bonds is 6. The Labute approximate surface area is 163 Å². The van der Waals surface area contributed by atoms with Gasteiger partial charge in [0.2, 0.25) is 5.91 Å². The first kappa shape index (κ1) is 19.0. The van der Waals surface area contributed by atoms with Gasteiger partial charge in [-0.25, -0.2) is 0 Å². The van der Waals surface area contributed by atoms with Crippen LogP contribution < -0.4 is 0 Å². The van der Waals surface area contributed by atoms with E-state index in [0.717, 1.165) is 36.1 Å². The molecule has 1 fully saturated rings. The van der Waals surface area contributed by atoms with Crippen molar-refractivity contribution in [3.63, 3.8) is 0 Å². The Kier molecular flexibility index (Phi) is 6.38. The fourth-order valence-corrected chi connectivity index (χ4v) is 4.11. The van der Waals surface area contributed by atoms with Crippen LogP contribution in [0.2, 0.25) is 5.02 Å². The zero-order valence-electron chi connectivity index (χ0n) is 14.9. The summed E-state index contributed by atoms with van der Waals surface area (Å²) in [5, 5.41) is 10.0. The van der Waals surface area contributed by atoms with Crippen LogP contribution in [-0.4, -0.2) is 44.4 Å². The van der Waals surface area contributed by atoms with Crippen LogP contribution in [0.25, 0.3) is 11.4 Å². The lowest BCUT2D eigenvalue weighted by Crippen LogP contribution is -2.40. The third kappa shape index (κ3) is 4.48. The third-order valence-corrected chi connectivity index (χ3v) is 5.67. The van der Waals surface area contributed by atoms with E-state index in [1.54, 1.807) is 6.08 Å². The molecular weight excluding hydrogens is 368 g/mol. The first-order chi connectivity index (χ1) is 12.6. The number of thioether (sulfide) groups is 1. The summed E-state index contributed by atoms with van der Waals surface area (Å²) in [5.74, 6) is 1.88. The summed E-state index contributed by atoms with van der Waals surface area (Å²) in [5.41, 5.74) is 0.937. The Bertz CT molecular complexity index is 774. The molecule has 3 rings (SSSR count). The van der Waals surface area contributed by atoms with Gasteiger partial charge in [-0.1, -0.05) is 36.4 Å². The molecule has 7 heteroatoms. The van der Waals surface area contributed by atoms with E-state index < -0.39 is 0 Å². The molecule has 1 aliphatic heterocycles. The first-order valence-corrected chi connectivity index (χ1v) is 10.2. The smallest absolute Gasteiger partial charge is 0.233 e. The van der Waals surface area contributed by atoms with Crippen molar-refractivity contribution in [3.8, 4) is 11.4 Å². The maximum atomic E-state index is 12.5. The molecule has 0 N–H and O–H groups in total. The van der Waals surface area contributed by atoms with Crippen molar-refractivity contribution in [2.45, 2.75) is 31.5 Å². The van der Waals surface area contributed by atoms with Crippen molar-refractivity contribution >= 4 is 29.3 Å².